The zero-order valence-electron chi connectivity index (χ0n) is 16.3. The SMILES string of the molecule is [2H]C([2H])([2H])c1cccc(-c2c(C)ccc(C([2H])([2H])[2H])[n+]2C)c1C. The maximum atomic E-state index is 7.66. The first-order valence-electron chi connectivity index (χ1n) is 8.55. The molecular formula is C16H20N+. The fourth-order valence-corrected chi connectivity index (χ4v) is 2.06. The van der Waals surface area contributed by atoms with Crippen molar-refractivity contribution in [3.8, 4) is 11.3 Å². The van der Waals surface area contributed by atoms with E-state index in [1.165, 1.54) is 0 Å². The molecule has 0 saturated heterocycles. The van der Waals surface area contributed by atoms with Crippen LogP contribution in [0.3, 0.4) is 0 Å². The van der Waals surface area contributed by atoms with Crippen molar-refractivity contribution in [3.05, 3.63) is 52.7 Å². The highest BCUT2D eigenvalue weighted by Crippen LogP contribution is 2.25. The van der Waals surface area contributed by atoms with E-state index < -0.39 is 13.7 Å². The molecule has 0 saturated carbocycles. The number of rotatable bonds is 1. The first-order chi connectivity index (χ1) is 10.4. The van der Waals surface area contributed by atoms with Crippen molar-refractivity contribution in [1.29, 1.82) is 0 Å². The van der Waals surface area contributed by atoms with Crippen molar-refractivity contribution >= 4 is 0 Å². The van der Waals surface area contributed by atoms with E-state index >= 15 is 0 Å². The van der Waals surface area contributed by atoms with E-state index in [0.717, 1.165) is 16.8 Å². The highest BCUT2D eigenvalue weighted by Gasteiger charge is 2.17. The van der Waals surface area contributed by atoms with Gasteiger partial charge in [0.05, 0.1) is 0 Å². The van der Waals surface area contributed by atoms with Crippen LogP contribution in [-0.4, -0.2) is 0 Å². The van der Waals surface area contributed by atoms with Gasteiger partial charge in [0, 0.05) is 32.3 Å². The summed E-state index contributed by atoms with van der Waals surface area (Å²) in [6.45, 7) is -0.778. The van der Waals surface area contributed by atoms with Gasteiger partial charge < -0.3 is 0 Å². The summed E-state index contributed by atoms with van der Waals surface area (Å²) in [6, 6.07) is 8.48. The Kier molecular flexibility index (Phi) is 1.61. The smallest absolute Gasteiger partial charge is 0.198 e. The van der Waals surface area contributed by atoms with Crippen LogP contribution in [0.15, 0.2) is 30.3 Å². The molecule has 88 valence electrons. The molecule has 0 N–H and O–H groups in total. The van der Waals surface area contributed by atoms with Crippen molar-refractivity contribution in [3.63, 3.8) is 0 Å². The molecule has 1 nitrogen and oxygen atoms in total. The summed E-state index contributed by atoms with van der Waals surface area (Å²) in [5.41, 5.74) is 3.51. The molecule has 2 rings (SSSR count). The molecule has 0 atom stereocenters. The van der Waals surface area contributed by atoms with E-state index in [9.17, 15) is 0 Å². The first kappa shape index (κ1) is 6.34. The predicted molar refractivity (Wildman–Crippen MR) is 72.0 cm³/mol. The van der Waals surface area contributed by atoms with E-state index in [0.29, 0.717) is 5.56 Å². The zero-order chi connectivity index (χ0) is 17.6. The van der Waals surface area contributed by atoms with E-state index in [1.54, 1.807) is 42.8 Å². The summed E-state index contributed by atoms with van der Waals surface area (Å²) in [6.07, 6.45) is 0. The molecule has 0 amide bonds. The van der Waals surface area contributed by atoms with Gasteiger partial charge in [-0.05, 0) is 44.0 Å². The molecule has 2 aromatic rings. The molecule has 17 heavy (non-hydrogen) atoms. The topological polar surface area (TPSA) is 3.88 Å². The number of pyridine rings is 1. The normalized spacial score (nSPS) is 17.4. The minimum Gasteiger partial charge on any atom is -0.198 e. The molecule has 1 aromatic carbocycles. The second-order valence-corrected chi connectivity index (χ2v) is 4.29. The van der Waals surface area contributed by atoms with E-state index in [2.05, 4.69) is 0 Å². The third-order valence-electron chi connectivity index (χ3n) is 3.15. The molecule has 1 heteroatoms. The van der Waals surface area contributed by atoms with Crippen molar-refractivity contribution in [1.82, 2.24) is 0 Å². The van der Waals surface area contributed by atoms with Crippen LogP contribution in [0.4, 0.5) is 0 Å². The summed E-state index contributed by atoms with van der Waals surface area (Å²) < 4.78 is 47.6. The van der Waals surface area contributed by atoms with Crippen LogP contribution in [0.2, 0.25) is 0 Å². The van der Waals surface area contributed by atoms with Gasteiger partial charge in [0.1, 0.15) is 7.05 Å². The summed E-state index contributed by atoms with van der Waals surface area (Å²) in [5, 5.41) is 0. The van der Waals surface area contributed by atoms with Gasteiger partial charge in [0.15, 0.2) is 5.69 Å². The second kappa shape index (κ2) is 4.33. The Labute approximate surface area is 112 Å². The lowest BCUT2D eigenvalue weighted by atomic mass is 9.97. The second-order valence-electron chi connectivity index (χ2n) is 4.29. The number of benzene rings is 1. The molecule has 0 unspecified atom stereocenters. The maximum absolute atomic E-state index is 7.66. The van der Waals surface area contributed by atoms with Crippen LogP contribution in [0, 0.1) is 27.6 Å². The molecule has 0 radical (unpaired) electrons. The molecule has 1 heterocycles. The van der Waals surface area contributed by atoms with Crippen LogP contribution < -0.4 is 4.57 Å². The third kappa shape index (κ3) is 1.97. The molecule has 0 aliphatic carbocycles. The van der Waals surface area contributed by atoms with Crippen molar-refractivity contribution in [2.45, 2.75) is 27.6 Å². The van der Waals surface area contributed by atoms with Crippen molar-refractivity contribution < 1.29 is 12.8 Å². The fraction of sp³-hybridized carbons (Fsp3) is 0.312. The van der Waals surface area contributed by atoms with Gasteiger partial charge in [0.2, 0.25) is 5.69 Å². The summed E-state index contributed by atoms with van der Waals surface area (Å²) in [7, 11) is 1.70. The fourth-order valence-electron chi connectivity index (χ4n) is 2.06. The highest BCUT2D eigenvalue weighted by atomic mass is 14.9. The van der Waals surface area contributed by atoms with Gasteiger partial charge >= 0.3 is 0 Å². The minimum absolute atomic E-state index is 0.219. The molecule has 0 aliphatic heterocycles. The average molecular weight is 232 g/mol. The van der Waals surface area contributed by atoms with Gasteiger partial charge in [-0.2, -0.15) is 4.57 Å². The predicted octanol–water partition coefficient (Wildman–Crippen LogP) is 3.41. The van der Waals surface area contributed by atoms with Gasteiger partial charge in [0.25, 0.3) is 0 Å². The first-order valence-corrected chi connectivity index (χ1v) is 5.55. The molecule has 0 fully saturated rings. The monoisotopic (exact) mass is 232 g/mol. The van der Waals surface area contributed by atoms with Gasteiger partial charge in [-0.15, -0.1) is 0 Å². The van der Waals surface area contributed by atoms with E-state index in [1.807, 2.05) is 13.0 Å². The Morgan fingerprint density at radius 3 is 2.53 bits per heavy atom. The van der Waals surface area contributed by atoms with Crippen LogP contribution in [0.5, 0.6) is 0 Å². The van der Waals surface area contributed by atoms with Crippen LogP contribution in [0.25, 0.3) is 11.3 Å². The Morgan fingerprint density at radius 2 is 1.82 bits per heavy atom. The standard InChI is InChI=1S/C16H20N/c1-11-7-6-8-15(14(11)4)16-12(2)9-10-13(3)17(16)5/h6-10H,1-5H3/q+1/i1D3,3D3. The molecule has 1 aromatic heterocycles. The number of nitrogens with zero attached hydrogens (tertiary/aromatic N) is 1. The van der Waals surface area contributed by atoms with Crippen LogP contribution in [0.1, 0.15) is 30.6 Å². The van der Waals surface area contributed by atoms with Gasteiger partial charge in [-0.3, -0.25) is 0 Å². The number of hydrogen-bond donors (Lipinski definition) is 0. The minimum atomic E-state index is -2.23. The lowest BCUT2D eigenvalue weighted by Gasteiger charge is -2.10. The molecule has 0 aliphatic rings. The average Bonchev–Trinajstić information content (AvgIpc) is 2.37. The van der Waals surface area contributed by atoms with Crippen LogP contribution >= 0.6 is 0 Å². The third-order valence-corrected chi connectivity index (χ3v) is 3.15. The number of aryl methyl sites for hydroxylation is 3. The Morgan fingerprint density at radius 1 is 1.00 bits per heavy atom. The summed E-state index contributed by atoms with van der Waals surface area (Å²) >= 11 is 0. The summed E-state index contributed by atoms with van der Waals surface area (Å²) in [5.74, 6) is 0. The number of aromatic nitrogens is 1. The van der Waals surface area contributed by atoms with Crippen LogP contribution in [-0.2, 0) is 7.05 Å². The maximum Gasteiger partial charge on any atom is 0.215 e. The van der Waals surface area contributed by atoms with Crippen molar-refractivity contribution in [2.24, 2.45) is 7.05 Å². The summed E-state index contributed by atoms with van der Waals surface area (Å²) in [4.78, 5) is 0. The quantitative estimate of drug-likeness (QED) is 0.663. The Balaban J connectivity index is 2.78. The largest absolute Gasteiger partial charge is 0.215 e. The van der Waals surface area contributed by atoms with Gasteiger partial charge in [-0.1, -0.05) is 12.1 Å². The zero-order valence-corrected chi connectivity index (χ0v) is 10.3. The lowest BCUT2D eigenvalue weighted by molar-refractivity contribution is -0.667. The van der Waals surface area contributed by atoms with Crippen molar-refractivity contribution in [2.75, 3.05) is 0 Å². The highest BCUT2D eigenvalue weighted by molar-refractivity contribution is 5.65. The molecule has 0 bridgehead atoms. The Bertz CT molecular complexity index is 743. The molecular weight excluding hydrogens is 206 g/mol. The van der Waals surface area contributed by atoms with E-state index in [4.69, 9.17) is 8.22 Å². The Hall–Kier alpha value is -1.63. The van der Waals surface area contributed by atoms with Gasteiger partial charge in [-0.25, -0.2) is 0 Å². The van der Waals surface area contributed by atoms with E-state index in [-0.39, 0.29) is 11.3 Å². The molecule has 0 spiro atoms. The lowest BCUT2D eigenvalue weighted by Crippen LogP contribution is -2.35. The number of hydrogen-bond acceptors (Lipinski definition) is 0.